The lowest BCUT2D eigenvalue weighted by atomic mass is 9.99. The summed E-state index contributed by atoms with van der Waals surface area (Å²) in [4.78, 5) is 24.7. The molecule has 4 rings (SSSR count). The minimum absolute atomic E-state index is 0.163. The van der Waals surface area contributed by atoms with Gasteiger partial charge in [0, 0.05) is 25.2 Å². The molecule has 0 saturated carbocycles. The molecule has 0 spiro atoms. The summed E-state index contributed by atoms with van der Waals surface area (Å²) in [5, 5.41) is 18.7. The van der Waals surface area contributed by atoms with Crippen molar-refractivity contribution in [2.45, 2.75) is 12.5 Å². The van der Waals surface area contributed by atoms with Crippen LogP contribution >= 0.6 is 0 Å². The molecule has 3 heterocycles. The van der Waals surface area contributed by atoms with Crippen molar-refractivity contribution >= 4 is 11.9 Å². The number of aliphatic carboxylic acids is 2. The Kier molecular flexibility index (Phi) is 5.80. The summed E-state index contributed by atoms with van der Waals surface area (Å²) >= 11 is 0. The van der Waals surface area contributed by atoms with Gasteiger partial charge >= 0.3 is 11.9 Å². The van der Waals surface area contributed by atoms with Gasteiger partial charge in [-0.3, -0.25) is 4.90 Å². The summed E-state index contributed by atoms with van der Waals surface area (Å²) in [5.41, 5.74) is 0.711. The Morgan fingerprint density at radius 1 is 1.14 bits per heavy atom. The van der Waals surface area contributed by atoms with Crippen molar-refractivity contribution < 1.29 is 33.1 Å². The van der Waals surface area contributed by atoms with Gasteiger partial charge in [0.25, 0.3) is 0 Å². The molecule has 28 heavy (non-hydrogen) atoms. The Balaban J connectivity index is 0.000000330. The van der Waals surface area contributed by atoms with Crippen LogP contribution in [0.5, 0.6) is 0 Å². The van der Waals surface area contributed by atoms with Gasteiger partial charge in [-0.25, -0.2) is 14.0 Å². The Hall–Kier alpha value is -3.53. The molecule has 0 aliphatic carbocycles. The maximum absolute atomic E-state index is 13.6. The fourth-order valence-electron chi connectivity index (χ4n) is 2.63. The van der Waals surface area contributed by atoms with E-state index in [9.17, 15) is 4.39 Å². The van der Waals surface area contributed by atoms with E-state index in [1.165, 1.54) is 6.07 Å². The standard InChI is InChI=1S/C16H14FN3O2.C2H2O4/c17-13-5-2-1-4-11(13)8-20-9-12(10-20)16-18-15(19-22-16)14-6-3-7-21-14;3-1(4)2(5)6/h1-7,12H,8-10H2;(H,3,4)(H,5,6). The summed E-state index contributed by atoms with van der Waals surface area (Å²) in [5.74, 6) is -1.95. The number of aromatic nitrogens is 2. The van der Waals surface area contributed by atoms with Crippen LogP contribution in [0.1, 0.15) is 17.4 Å². The van der Waals surface area contributed by atoms with Crippen molar-refractivity contribution in [2.24, 2.45) is 0 Å². The quantitative estimate of drug-likeness (QED) is 0.645. The van der Waals surface area contributed by atoms with E-state index in [0.717, 1.165) is 13.1 Å². The highest BCUT2D eigenvalue weighted by Crippen LogP contribution is 2.29. The molecule has 10 heteroatoms. The van der Waals surface area contributed by atoms with Gasteiger partial charge in [-0.2, -0.15) is 4.98 Å². The molecular formula is C18H16FN3O6. The minimum atomic E-state index is -1.82. The third-order valence-corrected chi connectivity index (χ3v) is 4.02. The lowest BCUT2D eigenvalue weighted by Gasteiger charge is -2.37. The van der Waals surface area contributed by atoms with Crippen molar-refractivity contribution in [1.82, 2.24) is 15.0 Å². The van der Waals surface area contributed by atoms with Crippen LogP contribution in [0.3, 0.4) is 0 Å². The highest BCUT2D eigenvalue weighted by Gasteiger charge is 2.33. The zero-order chi connectivity index (χ0) is 20.1. The van der Waals surface area contributed by atoms with Crippen LogP contribution in [0.15, 0.2) is 51.6 Å². The van der Waals surface area contributed by atoms with E-state index in [2.05, 4.69) is 15.0 Å². The molecule has 1 aromatic carbocycles. The van der Waals surface area contributed by atoms with Crippen molar-refractivity contribution in [3.63, 3.8) is 0 Å². The van der Waals surface area contributed by atoms with Crippen molar-refractivity contribution in [3.05, 3.63) is 59.9 Å². The molecule has 0 radical (unpaired) electrons. The first-order valence-electron chi connectivity index (χ1n) is 8.23. The number of carboxylic acid groups (broad SMARTS) is 2. The highest BCUT2D eigenvalue weighted by molar-refractivity contribution is 6.27. The van der Waals surface area contributed by atoms with Crippen LogP contribution < -0.4 is 0 Å². The zero-order valence-electron chi connectivity index (χ0n) is 14.5. The predicted molar refractivity (Wildman–Crippen MR) is 91.7 cm³/mol. The first kappa shape index (κ1) is 19.2. The fourth-order valence-corrected chi connectivity index (χ4v) is 2.63. The average Bonchev–Trinajstić information content (AvgIpc) is 3.31. The molecule has 9 nitrogen and oxygen atoms in total. The number of carboxylic acids is 2. The van der Waals surface area contributed by atoms with E-state index in [1.54, 1.807) is 24.5 Å². The number of hydrogen-bond donors (Lipinski definition) is 2. The molecule has 2 aromatic heterocycles. The van der Waals surface area contributed by atoms with Crippen LogP contribution in [0.2, 0.25) is 0 Å². The van der Waals surface area contributed by atoms with Crippen LogP contribution in [0, 0.1) is 5.82 Å². The Morgan fingerprint density at radius 3 is 2.46 bits per heavy atom. The molecule has 1 aliphatic heterocycles. The van der Waals surface area contributed by atoms with Crippen LogP contribution in [-0.4, -0.2) is 50.3 Å². The van der Waals surface area contributed by atoms with Gasteiger partial charge < -0.3 is 19.2 Å². The molecular weight excluding hydrogens is 373 g/mol. The number of hydrogen-bond acceptors (Lipinski definition) is 7. The number of nitrogens with zero attached hydrogens (tertiary/aromatic N) is 3. The van der Waals surface area contributed by atoms with Gasteiger partial charge in [0.05, 0.1) is 12.2 Å². The molecule has 0 amide bonds. The number of carbonyl (C=O) groups is 2. The third kappa shape index (κ3) is 4.60. The van der Waals surface area contributed by atoms with Crippen LogP contribution in [0.25, 0.3) is 11.6 Å². The second-order valence-corrected chi connectivity index (χ2v) is 6.03. The molecule has 1 fully saturated rings. The summed E-state index contributed by atoms with van der Waals surface area (Å²) in [6.45, 7) is 2.17. The van der Waals surface area contributed by atoms with Crippen LogP contribution in [-0.2, 0) is 16.1 Å². The smallest absolute Gasteiger partial charge is 0.414 e. The fraction of sp³-hybridized carbons (Fsp3) is 0.222. The average molecular weight is 389 g/mol. The van der Waals surface area contributed by atoms with Gasteiger partial charge in [-0.1, -0.05) is 23.4 Å². The van der Waals surface area contributed by atoms with E-state index in [1.807, 2.05) is 12.1 Å². The van der Waals surface area contributed by atoms with Gasteiger partial charge in [-0.15, -0.1) is 0 Å². The molecule has 0 unspecified atom stereocenters. The number of rotatable bonds is 4. The third-order valence-electron chi connectivity index (χ3n) is 4.02. The number of furan rings is 1. The summed E-state index contributed by atoms with van der Waals surface area (Å²) < 4.78 is 24.1. The van der Waals surface area contributed by atoms with E-state index >= 15 is 0 Å². The molecule has 146 valence electrons. The first-order valence-corrected chi connectivity index (χ1v) is 8.23. The molecule has 0 atom stereocenters. The second kappa shape index (κ2) is 8.44. The van der Waals surface area contributed by atoms with Gasteiger partial charge in [-0.05, 0) is 18.2 Å². The predicted octanol–water partition coefficient (Wildman–Crippen LogP) is 2.22. The van der Waals surface area contributed by atoms with Crippen molar-refractivity contribution in [2.75, 3.05) is 13.1 Å². The Bertz CT molecular complexity index is 938. The van der Waals surface area contributed by atoms with Gasteiger partial charge in [0.15, 0.2) is 5.76 Å². The molecule has 1 saturated heterocycles. The Morgan fingerprint density at radius 2 is 1.86 bits per heavy atom. The topological polar surface area (TPSA) is 130 Å². The first-order chi connectivity index (χ1) is 13.4. The van der Waals surface area contributed by atoms with E-state index in [0.29, 0.717) is 29.6 Å². The minimum Gasteiger partial charge on any atom is -0.473 e. The molecule has 1 aliphatic rings. The lowest BCUT2D eigenvalue weighted by Crippen LogP contribution is -2.44. The molecule has 3 aromatic rings. The number of halogens is 1. The van der Waals surface area contributed by atoms with Crippen molar-refractivity contribution in [1.29, 1.82) is 0 Å². The number of likely N-dealkylation sites (tertiary alicyclic amines) is 1. The highest BCUT2D eigenvalue weighted by atomic mass is 19.1. The lowest BCUT2D eigenvalue weighted by molar-refractivity contribution is -0.159. The normalized spacial score (nSPS) is 14.0. The summed E-state index contributed by atoms with van der Waals surface area (Å²) in [6, 6.07) is 10.4. The summed E-state index contributed by atoms with van der Waals surface area (Å²) in [7, 11) is 0. The monoisotopic (exact) mass is 389 g/mol. The summed E-state index contributed by atoms with van der Waals surface area (Å²) in [6.07, 6.45) is 1.57. The van der Waals surface area contributed by atoms with Crippen molar-refractivity contribution in [3.8, 4) is 11.6 Å². The van der Waals surface area contributed by atoms with E-state index < -0.39 is 11.9 Å². The zero-order valence-corrected chi connectivity index (χ0v) is 14.5. The van der Waals surface area contributed by atoms with E-state index in [4.69, 9.17) is 28.7 Å². The van der Waals surface area contributed by atoms with Crippen LogP contribution in [0.4, 0.5) is 4.39 Å². The SMILES string of the molecule is Fc1ccccc1CN1CC(c2nc(-c3ccco3)no2)C1.O=C(O)C(=O)O. The Labute approximate surface area is 158 Å². The number of benzene rings is 1. The largest absolute Gasteiger partial charge is 0.473 e. The second-order valence-electron chi connectivity index (χ2n) is 6.03. The van der Waals surface area contributed by atoms with Gasteiger partial charge in [0.1, 0.15) is 5.82 Å². The van der Waals surface area contributed by atoms with E-state index in [-0.39, 0.29) is 11.7 Å². The van der Waals surface area contributed by atoms with Gasteiger partial charge in [0.2, 0.25) is 11.7 Å². The molecule has 0 bridgehead atoms. The molecule has 2 N–H and O–H groups in total. The maximum atomic E-state index is 13.6. The maximum Gasteiger partial charge on any atom is 0.414 e.